The first kappa shape index (κ1) is 19.0. The second-order valence-electron chi connectivity index (χ2n) is 6.77. The number of ether oxygens (including phenoxy) is 1. The number of nitrogens with one attached hydrogen (secondary N) is 1. The molecule has 0 aromatic carbocycles. The van der Waals surface area contributed by atoms with Gasteiger partial charge in [0.25, 0.3) is 0 Å². The Balaban J connectivity index is 2.08. The number of hydrogen-bond acceptors (Lipinski definition) is 2. The van der Waals surface area contributed by atoms with Gasteiger partial charge in [-0.1, -0.05) is 65.2 Å². The van der Waals surface area contributed by atoms with Crippen LogP contribution in [0.15, 0.2) is 0 Å². The molecule has 2 heteroatoms. The monoisotopic (exact) mass is 297 g/mol. The van der Waals surface area contributed by atoms with Crippen LogP contribution in [0.3, 0.4) is 0 Å². The largest absolute Gasteiger partial charge is 0.381 e. The van der Waals surface area contributed by atoms with Crippen molar-refractivity contribution in [1.82, 2.24) is 5.32 Å². The van der Waals surface area contributed by atoms with Crippen LogP contribution in [-0.4, -0.2) is 25.8 Å². The van der Waals surface area contributed by atoms with E-state index in [2.05, 4.69) is 19.2 Å². The molecule has 126 valence electrons. The second kappa shape index (κ2) is 13.6. The summed E-state index contributed by atoms with van der Waals surface area (Å²) < 4.78 is 5.52. The molecule has 1 atom stereocenters. The summed E-state index contributed by atoms with van der Waals surface area (Å²) in [6.45, 7) is 7.70. The van der Waals surface area contributed by atoms with Crippen molar-refractivity contribution < 1.29 is 4.74 Å². The van der Waals surface area contributed by atoms with E-state index in [1.54, 1.807) is 0 Å². The smallest absolute Gasteiger partial charge is 0.0469 e. The van der Waals surface area contributed by atoms with E-state index in [-0.39, 0.29) is 0 Å². The molecule has 21 heavy (non-hydrogen) atoms. The van der Waals surface area contributed by atoms with Crippen LogP contribution in [0.25, 0.3) is 0 Å². The zero-order valence-corrected chi connectivity index (χ0v) is 14.7. The summed E-state index contributed by atoms with van der Waals surface area (Å²) in [5.41, 5.74) is 0. The van der Waals surface area contributed by atoms with E-state index in [1.807, 2.05) is 0 Å². The van der Waals surface area contributed by atoms with Gasteiger partial charge in [0, 0.05) is 19.3 Å². The molecule has 0 aromatic heterocycles. The van der Waals surface area contributed by atoms with Crippen LogP contribution >= 0.6 is 0 Å². The Bertz CT molecular complexity index is 214. The molecule has 1 fully saturated rings. The molecule has 1 rings (SSSR count). The van der Waals surface area contributed by atoms with Gasteiger partial charge < -0.3 is 10.1 Å². The van der Waals surface area contributed by atoms with Gasteiger partial charge in [-0.15, -0.1) is 0 Å². The molecule has 0 saturated carbocycles. The fourth-order valence-electron chi connectivity index (χ4n) is 3.45. The average Bonchev–Trinajstić information content (AvgIpc) is 2.53. The van der Waals surface area contributed by atoms with Crippen molar-refractivity contribution in [2.45, 2.75) is 96.9 Å². The highest BCUT2D eigenvalue weighted by molar-refractivity contribution is 4.78. The molecule has 1 unspecified atom stereocenters. The molecule has 0 amide bonds. The van der Waals surface area contributed by atoms with Gasteiger partial charge in [-0.2, -0.15) is 0 Å². The lowest BCUT2D eigenvalue weighted by Crippen LogP contribution is -2.39. The van der Waals surface area contributed by atoms with Crippen LogP contribution in [0.5, 0.6) is 0 Å². The van der Waals surface area contributed by atoms with Crippen LogP contribution in [0.2, 0.25) is 0 Å². The fourth-order valence-corrected chi connectivity index (χ4v) is 3.45. The van der Waals surface area contributed by atoms with Gasteiger partial charge in [0.1, 0.15) is 0 Å². The Morgan fingerprint density at radius 1 is 0.857 bits per heavy atom. The van der Waals surface area contributed by atoms with E-state index in [4.69, 9.17) is 4.74 Å². The molecule has 1 heterocycles. The van der Waals surface area contributed by atoms with Crippen molar-refractivity contribution in [2.24, 2.45) is 5.92 Å². The standard InChI is InChI=1S/C19H39NO/c1-3-5-6-7-8-9-10-11-12-19(20-15-4-2)18-13-16-21-17-14-18/h18-20H,3-17H2,1-2H3. The van der Waals surface area contributed by atoms with Gasteiger partial charge in [0.15, 0.2) is 0 Å². The fraction of sp³-hybridized carbons (Fsp3) is 1.00. The van der Waals surface area contributed by atoms with E-state index in [0.717, 1.165) is 25.2 Å². The minimum absolute atomic E-state index is 0.744. The number of rotatable bonds is 13. The van der Waals surface area contributed by atoms with Gasteiger partial charge in [-0.3, -0.25) is 0 Å². The van der Waals surface area contributed by atoms with E-state index < -0.39 is 0 Å². The van der Waals surface area contributed by atoms with Gasteiger partial charge >= 0.3 is 0 Å². The molecule has 1 aliphatic rings. The lowest BCUT2D eigenvalue weighted by atomic mass is 9.88. The van der Waals surface area contributed by atoms with Crippen molar-refractivity contribution in [2.75, 3.05) is 19.8 Å². The third-order valence-corrected chi connectivity index (χ3v) is 4.86. The normalized spacial score (nSPS) is 18.0. The van der Waals surface area contributed by atoms with Crippen molar-refractivity contribution >= 4 is 0 Å². The lowest BCUT2D eigenvalue weighted by Gasteiger charge is -2.31. The van der Waals surface area contributed by atoms with E-state index in [0.29, 0.717) is 0 Å². The highest BCUT2D eigenvalue weighted by atomic mass is 16.5. The van der Waals surface area contributed by atoms with Crippen molar-refractivity contribution in [1.29, 1.82) is 0 Å². The first-order valence-electron chi connectivity index (χ1n) is 9.69. The van der Waals surface area contributed by atoms with E-state index >= 15 is 0 Å². The summed E-state index contributed by atoms with van der Waals surface area (Å²) in [7, 11) is 0. The maximum atomic E-state index is 5.52. The minimum atomic E-state index is 0.744. The van der Waals surface area contributed by atoms with Gasteiger partial charge in [-0.25, -0.2) is 0 Å². The minimum Gasteiger partial charge on any atom is -0.381 e. The maximum Gasteiger partial charge on any atom is 0.0469 e. The summed E-state index contributed by atoms with van der Waals surface area (Å²) in [6, 6.07) is 0.744. The summed E-state index contributed by atoms with van der Waals surface area (Å²) in [6.07, 6.45) is 16.6. The second-order valence-corrected chi connectivity index (χ2v) is 6.77. The molecule has 2 nitrogen and oxygen atoms in total. The quantitative estimate of drug-likeness (QED) is 0.465. The number of hydrogen-bond donors (Lipinski definition) is 1. The van der Waals surface area contributed by atoms with Gasteiger partial charge in [0.2, 0.25) is 0 Å². The predicted octanol–water partition coefficient (Wildman–Crippen LogP) is 5.31. The zero-order chi connectivity index (χ0) is 15.2. The Kier molecular flexibility index (Phi) is 12.3. The summed E-state index contributed by atoms with van der Waals surface area (Å²) >= 11 is 0. The van der Waals surface area contributed by atoms with Crippen molar-refractivity contribution in [3.63, 3.8) is 0 Å². The van der Waals surface area contributed by atoms with Crippen molar-refractivity contribution in [3.05, 3.63) is 0 Å². The van der Waals surface area contributed by atoms with Gasteiger partial charge in [0.05, 0.1) is 0 Å². The highest BCUT2D eigenvalue weighted by Crippen LogP contribution is 2.23. The molecule has 1 saturated heterocycles. The molecule has 1 aliphatic heterocycles. The zero-order valence-electron chi connectivity index (χ0n) is 14.7. The first-order chi connectivity index (χ1) is 10.4. The summed E-state index contributed by atoms with van der Waals surface area (Å²) in [4.78, 5) is 0. The van der Waals surface area contributed by atoms with Gasteiger partial charge in [-0.05, 0) is 38.1 Å². The van der Waals surface area contributed by atoms with E-state index in [9.17, 15) is 0 Å². The SMILES string of the molecule is CCCCCCCCCCC(NCCC)C1CCOCC1. The van der Waals surface area contributed by atoms with Crippen LogP contribution in [-0.2, 0) is 4.74 Å². The third-order valence-electron chi connectivity index (χ3n) is 4.86. The van der Waals surface area contributed by atoms with Crippen molar-refractivity contribution in [3.8, 4) is 0 Å². The molecule has 0 aromatic rings. The third kappa shape index (κ3) is 9.52. The molecule has 0 spiro atoms. The van der Waals surface area contributed by atoms with E-state index in [1.165, 1.54) is 83.6 Å². The molecule has 1 N–H and O–H groups in total. The summed E-state index contributed by atoms with van der Waals surface area (Å²) in [5.74, 6) is 0.856. The highest BCUT2D eigenvalue weighted by Gasteiger charge is 2.22. The molecular formula is C19H39NO. The van der Waals surface area contributed by atoms with Crippen LogP contribution < -0.4 is 5.32 Å². The summed E-state index contributed by atoms with van der Waals surface area (Å²) in [5, 5.41) is 3.80. The Morgan fingerprint density at radius 3 is 2.10 bits per heavy atom. The maximum absolute atomic E-state index is 5.52. The molecule has 0 bridgehead atoms. The van der Waals surface area contributed by atoms with Crippen LogP contribution in [0.1, 0.15) is 90.9 Å². The molecule has 0 radical (unpaired) electrons. The Morgan fingerprint density at radius 2 is 1.48 bits per heavy atom. The number of unbranched alkanes of at least 4 members (excludes halogenated alkanes) is 7. The van der Waals surface area contributed by atoms with Crippen LogP contribution in [0, 0.1) is 5.92 Å². The molecule has 0 aliphatic carbocycles. The Labute approximate surface area is 133 Å². The Hall–Kier alpha value is -0.0800. The predicted molar refractivity (Wildman–Crippen MR) is 92.9 cm³/mol. The molecular weight excluding hydrogens is 258 g/mol. The first-order valence-corrected chi connectivity index (χ1v) is 9.69. The topological polar surface area (TPSA) is 21.3 Å². The van der Waals surface area contributed by atoms with Crippen LogP contribution in [0.4, 0.5) is 0 Å². The lowest BCUT2D eigenvalue weighted by molar-refractivity contribution is 0.0522. The average molecular weight is 298 g/mol.